The molecular weight excluding hydrogens is 243 g/mol. The normalized spacial score (nSPS) is 28.6. The standard InChI is InChI=1S/C15H19FN2O/c1-18(9-10-3-2-4-11(16)7-10)15(19)13-8-12-5-6-14(13)17-12/h2-4,7,12-14,17H,5-6,8-9H2,1H3. The van der Waals surface area contributed by atoms with E-state index in [2.05, 4.69) is 5.32 Å². The molecule has 3 atom stereocenters. The average Bonchev–Trinajstić information content (AvgIpc) is 3.00. The maximum Gasteiger partial charge on any atom is 0.227 e. The molecule has 1 aromatic carbocycles. The summed E-state index contributed by atoms with van der Waals surface area (Å²) in [7, 11) is 1.80. The van der Waals surface area contributed by atoms with E-state index in [0.29, 0.717) is 18.6 Å². The van der Waals surface area contributed by atoms with Gasteiger partial charge in [0, 0.05) is 25.7 Å². The number of amides is 1. The quantitative estimate of drug-likeness (QED) is 0.902. The van der Waals surface area contributed by atoms with Crippen LogP contribution in [0.4, 0.5) is 4.39 Å². The maximum absolute atomic E-state index is 13.1. The van der Waals surface area contributed by atoms with Crippen molar-refractivity contribution in [3.8, 4) is 0 Å². The smallest absolute Gasteiger partial charge is 0.227 e. The van der Waals surface area contributed by atoms with Gasteiger partial charge in [-0.05, 0) is 37.0 Å². The molecule has 3 unspecified atom stereocenters. The van der Waals surface area contributed by atoms with Gasteiger partial charge in [-0.3, -0.25) is 4.79 Å². The first-order chi connectivity index (χ1) is 9.13. The Morgan fingerprint density at radius 1 is 1.47 bits per heavy atom. The zero-order valence-electron chi connectivity index (χ0n) is 11.1. The van der Waals surface area contributed by atoms with E-state index in [4.69, 9.17) is 0 Å². The van der Waals surface area contributed by atoms with Crippen LogP contribution in [0.3, 0.4) is 0 Å². The molecule has 0 spiro atoms. The second kappa shape index (κ2) is 4.93. The number of carbonyl (C=O) groups is 1. The van der Waals surface area contributed by atoms with Crippen LogP contribution in [0.15, 0.2) is 24.3 Å². The van der Waals surface area contributed by atoms with Gasteiger partial charge in [-0.1, -0.05) is 12.1 Å². The Morgan fingerprint density at radius 3 is 2.95 bits per heavy atom. The molecule has 102 valence electrons. The molecule has 1 aromatic rings. The molecule has 2 saturated heterocycles. The van der Waals surface area contributed by atoms with Gasteiger partial charge in [-0.15, -0.1) is 0 Å². The SMILES string of the molecule is CN(Cc1cccc(F)c1)C(=O)C1CC2CCC1N2. The third-order valence-corrected chi connectivity index (χ3v) is 4.30. The molecule has 0 aromatic heterocycles. The molecule has 4 heteroatoms. The predicted molar refractivity (Wildman–Crippen MR) is 70.9 cm³/mol. The number of nitrogens with zero attached hydrogens (tertiary/aromatic N) is 1. The largest absolute Gasteiger partial charge is 0.341 e. The molecule has 2 bridgehead atoms. The molecule has 19 heavy (non-hydrogen) atoms. The summed E-state index contributed by atoms with van der Waals surface area (Å²) in [4.78, 5) is 14.1. The van der Waals surface area contributed by atoms with Crippen molar-refractivity contribution in [2.45, 2.75) is 37.9 Å². The minimum Gasteiger partial charge on any atom is -0.341 e. The molecule has 0 aliphatic carbocycles. The van der Waals surface area contributed by atoms with Gasteiger partial charge in [-0.25, -0.2) is 4.39 Å². The van der Waals surface area contributed by atoms with Crippen molar-refractivity contribution in [2.75, 3.05) is 7.05 Å². The maximum atomic E-state index is 13.1. The Kier molecular flexibility index (Phi) is 3.27. The fraction of sp³-hybridized carbons (Fsp3) is 0.533. The van der Waals surface area contributed by atoms with Crippen LogP contribution in [0, 0.1) is 11.7 Å². The van der Waals surface area contributed by atoms with Gasteiger partial charge in [0.2, 0.25) is 5.91 Å². The van der Waals surface area contributed by atoms with Gasteiger partial charge in [0.15, 0.2) is 0 Å². The first-order valence-corrected chi connectivity index (χ1v) is 6.89. The number of hydrogen-bond acceptors (Lipinski definition) is 2. The number of halogens is 1. The van der Waals surface area contributed by atoms with Crippen LogP contribution < -0.4 is 5.32 Å². The van der Waals surface area contributed by atoms with Gasteiger partial charge in [0.05, 0.1) is 5.92 Å². The number of carbonyl (C=O) groups excluding carboxylic acids is 1. The van der Waals surface area contributed by atoms with Gasteiger partial charge in [0.25, 0.3) is 0 Å². The Morgan fingerprint density at radius 2 is 2.32 bits per heavy atom. The summed E-state index contributed by atoms with van der Waals surface area (Å²) in [6.45, 7) is 0.477. The summed E-state index contributed by atoms with van der Waals surface area (Å²) in [6.07, 6.45) is 3.26. The third-order valence-electron chi connectivity index (χ3n) is 4.30. The van der Waals surface area contributed by atoms with Crippen LogP contribution in [0.1, 0.15) is 24.8 Å². The van der Waals surface area contributed by atoms with Crippen molar-refractivity contribution in [3.05, 3.63) is 35.6 Å². The highest BCUT2D eigenvalue weighted by molar-refractivity contribution is 5.80. The summed E-state index contributed by atoms with van der Waals surface area (Å²) in [5.41, 5.74) is 0.840. The molecule has 0 radical (unpaired) electrons. The molecule has 0 saturated carbocycles. The van der Waals surface area contributed by atoms with Gasteiger partial charge in [-0.2, -0.15) is 0 Å². The van der Waals surface area contributed by atoms with Crippen molar-refractivity contribution in [2.24, 2.45) is 5.92 Å². The summed E-state index contributed by atoms with van der Waals surface area (Å²) in [5, 5.41) is 3.48. The highest BCUT2D eigenvalue weighted by Crippen LogP contribution is 2.34. The summed E-state index contributed by atoms with van der Waals surface area (Å²) in [5.74, 6) is 0.0428. The Balaban J connectivity index is 1.64. The molecule has 2 aliphatic heterocycles. The van der Waals surface area contributed by atoms with E-state index >= 15 is 0 Å². The highest BCUT2D eigenvalue weighted by atomic mass is 19.1. The summed E-state index contributed by atoms with van der Waals surface area (Å²) >= 11 is 0. The van der Waals surface area contributed by atoms with Crippen molar-refractivity contribution in [1.82, 2.24) is 10.2 Å². The van der Waals surface area contributed by atoms with E-state index in [1.54, 1.807) is 18.0 Å². The molecule has 1 amide bonds. The molecule has 3 nitrogen and oxygen atoms in total. The molecule has 2 aliphatic rings. The van der Waals surface area contributed by atoms with Crippen LogP contribution in [0.2, 0.25) is 0 Å². The number of fused-ring (bicyclic) bond motifs is 2. The summed E-state index contributed by atoms with van der Waals surface area (Å²) < 4.78 is 13.1. The van der Waals surface area contributed by atoms with E-state index in [1.807, 2.05) is 6.07 Å². The molecule has 3 rings (SSSR count). The third kappa shape index (κ3) is 2.50. The topological polar surface area (TPSA) is 32.3 Å². The van der Waals surface area contributed by atoms with E-state index in [-0.39, 0.29) is 17.6 Å². The van der Waals surface area contributed by atoms with Crippen molar-refractivity contribution >= 4 is 5.91 Å². The first kappa shape index (κ1) is 12.6. The zero-order chi connectivity index (χ0) is 13.4. The lowest BCUT2D eigenvalue weighted by atomic mass is 9.88. The number of benzene rings is 1. The molecule has 2 heterocycles. The fourth-order valence-corrected chi connectivity index (χ4v) is 3.37. The van der Waals surface area contributed by atoms with Crippen molar-refractivity contribution in [1.29, 1.82) is 0 Å². The summed E-state index contributed by atoms with van der Waals surface area (Å²) in [6, 6.07) is 7.33. The van der Waals surface area contributed by atoms with Crippen molar-refractivity contribution in [3.63, 3.8) is 0 Å². The van der Waals surface area contributed by atoms with E-state index in [1.165, 1.54) is 18.6 Å². The minimum atomic E-state index is -0.250. The first-order valence-electron chi connectivity index (χ1n) is 6.89. The van der Waals surface area contributed by atoms with Crippen LogP contribution in [0.5, 0.6) is 0 Å². The van der Waals surface area contributed by atoms with Crippen LogP contribution in [-0.2, 0) is 11.3 Å². The van der Waals surface area contributed by atoms with Crippen LogP contribution in [0.25, 0.3) is 0 Å². The Bertz CT molecular complexity index is 491. The molecular formula is C15H19FN2O. The molecule has 1 N–H and O–H groups in total. The van der Waals surface area contributed by atoms with Gasteiger partial charge >= 0.3 is 0 Å². The van der Waals surface area contributed by atoms with E-state index in [0.717, 1.165) is 18.4 Å². The zero-order valence-corrected chi connectivity index (χ0v) is 11.1. The number of rotatable bonds is 3. The highest BCUT2D eigenvalue weighted by Gasteiger charge is 2.43. The van der Waals surface area contributed by atoms with Crippen molar-refractivity contribution < 1.29 is 9.18 Å². The van der Waals surface area contributed by atoms with Gasteiger partial charge in [0.1, 0.15) is 5.82 Å². The lowest BCUT2D eigenvalue weighted by molar-refractivity contribution is -0.135. The second-order valence-electron chi connectivity index (χ2n) is 5.71. The lowest BCUT2D eigenvalue weighted by Gasteiger charge is -2.25. The van der Waals surface area contributed by atoms with Gasteiger partial charge < -0.3 is 10.2 Å². The average molecular weight is 262 g/mol. The lowest BCUT2D eigenvalue weighted by Crippen LogP contribution is -2.38. The monoisotopic (exact) mass is 262 g/mol. The van der Waals surface area contributed by atoms with Crippen LogP contribution >= 0.6 is 0 Å². The predicted octanol–water partition coefficient (Wildman–Crippen LogP) is 1.92. The number of hydrogen-bond donors (Lipinski definition) is 1. The Labute approximate surface area is 112 Å². The fourth-order valence-electron chi connectivity index (χ4n) is 3.37. The Hall–Kier alpha value is -1.42. The second-order valence-corrected chi connectivity index (χ2v) is 5.71. The number of nitrogens with one attached hydrogen (secondary N) is 1. The molecule has 2 fully saturated rings. The van der Waals surface area contributed by atoms with E-state index < -0.39 is 0 Å². The minimum absolute atomic E-state index is 0.109. The van der Waals surface area contributed by atoms with E-state index in [9.17, 15) is 9.18 Å². The van der Waals surface area contributed by atoms with Crippen LogP contribution in [-0.4, -0.2) is 29.9 Å².